The number of nitrogens with one attached hydrogen (secondary N) is 2. The molecule has 0 aliphatic carbocycles. The Labute approximate surface area is 259 Å². The molecule has 0 bridgehead atoms. The normalized spacial score (nSPS) is 13.5. The minimum Gasteiger partial charge on any atom is -0.370 e. The lowest BCUT2D eigenvalue weighted by molar-refractivity contribution is -0.131. The number of benzene rings is 2. The summed E-state index contributed by atoms with van der Waals surface area (Å²) in [5.41, 5.74) is 18.8. The van der Waals surface area contributed by atoms with Gasteiger partial charge >= 0.3 is 0 Å². The number of amides is 3. The highest BCUT2D eigenvalue weighted by molar-refractivity contribution is 6.41. The van der Waals surface area contributed by atoms with Gasteiger partial charge in [-0.25, -0.2) is 4.99 Å². The summed E-state index contributed by atoms with van der Waals surface area (Å²) in [6.07, 6.45) is 5.32. The second-order valence-electron chi connectivity index (χ2n) is 10.6. The maximum atomic E-state index is 13.8. The van der Waals surface area contributed by atoms with Crippen molar-refractivity contribution in [3.05, 3.63) is 77.9 Å². The molecule has 2 rings (SSSR count). The van der Waals surface area contributed by atoms with Crippen LogP contribution in [0, 0.1) is 12.8 Å². The lowest BCUT2D eigenvalue weighted by Gasteiger charge is -2.24. The van der Waals surface area contributed by atoms with Crippen LogP contribution in [0.5, 0.6) is 0 Å². The van der Waals surface area contributed by atoms with Crippen LogP contribution in [0.15, 0.2) is 76.7 Å². The Hall–Kier alpha value is -4.80. The highest BCUT2D eigenvalue weighted by Crippen LogP contribution is 2.18. The third-order valence-corrected chi connectivity index (χ3v) is 6.90. The predicted molar refractivity (Wildman–Crippen MR) is 174 cm³/mol. The fraction of sp³-hybridized carbons (Fsp3) is 0.394. The number of nitrogens with two attached hydrogens (primary N) is 3. The van der Waals surface area contributed by atoms with Crippen molar-refractivity contribution in [2.24, 2.45) is 33.1 Å². The van der Waals surface area contributed by atoms with Crippen molar-refractivity contribution in [1.82, 2.24) is 10.6 Å². The first-order chi connectivity index (χ1) is 21.0. The van der Waals surface area contributed by atoms with Crippen LogP contribution in [0.4, 0.5) is 5.69 Å². The third kappa shape index (κ3) is 12.6. The highest BCUT2D eigenvalue weighted by atomic mass is 16.2. The summed E-state index contributed by atoms with van der Waals surface area (Å²) in [6.45, 7) is 5.70. The van der Waals surface area contributed by atoms with Crippen molar-refractivity contribution in [3.8, 4) is 0 Å². The van der Waals surface area contributed by atoms with E-state index in [9.17, 15) is 19.2 Å². The van der Waals surface area contributed by atoms with Crippen molar-refractivity contribution in [1.29, 1.82) is 0 Å². The molecule has 0 aromatic heterocycles. The van der Waals surface area contributed by atoms with E-state index in [4.69, 9.17) is 17.2 Å². The minimum atomic E-state index is -1.00. The first-order valence-electron chi connectivity index (χ1n) is 14.8. The molecule has 0 radical (unpaired) electrons. The van der Waals surface area contributed by atoms with Crippen molar-refractivity contribution < 1.29 is 19.2 Å². The molecule has 0 heterocycles. The number of ketones is 1. The van der Waals surface area contributed by atoms with E-state index in [2.05, 4.69) is 20.6 Å². The lowest BCUT2D eigenvalue weighted by Crippen LogP contribution is -2.54. The fourth-order valence-electron chi connectivity index (χ4n) is 4.47. The SMILES string of the molecule is CC/C=C/[C@@H](CCC(N)=O)C(=O)N[C@@H](Cc1ccccc1)C(=O)N[C@@H](CCCN=C(N)N)C(=O)C(C)=Nc1ccccc1C. The maximum absolute atomic E-state index is 13.8. The second-order valence-corrected chi connectivity index (χ2v) is 10.6. The number of aryl methyl sites for hydroxylation is 1. The van der Waals surface area contributed by atoms with Crippen LogP contribution in [-0.2, 0) is 25.6 Å². The number of hydrogen-bond acceptors (Lipinski definition) is 6. The van der Waals surface area contributed by atoms with Gasteiger partial charge in [0.05, 0.1) is 23.4 Å². The number of nitrogens with zero attached hydrogens (tertiary/aromatic N) is 2. The predicted octanol–water partition coefficient (Wildman–Crippen LogP) is 2.77. The number of rotatable bonds is 18. The summed E-state index contributed by atoms with van der Waals surface area (Å²) in [5, 5.41) is 5.71. The first-order valence-corrected chi connectivity index (χ1v) is 14.8. The van der Waals surface area contributed by atoms with Crippen LogP contribution in [-0.4, -0.2) is 53.8 Å². The Balaban J connectivity index is 2.36. The van der Waals surface area contributed by atoms with E-state index in [0.717, 1.165) is 11.1 Å². The van der Waals surface area contributed by atoms with Crippen molar-refractivity contribution in [2.45, 2.75) is 71.4 Å². The molecule has 8 N–H and O–H groups in total. The van der Waals surface area contributed by atoms with Crippen LogP contribution >= 0.6 is 0 Å². The van der Waals surface area contributed by atoms with E-state index in [1.54, 1.807) is 13.0 Å². The van der Waals surface area contributed by atoms with Gasteiger partial charge in [0.25, 0.3) is 0 Å². The molecule has 11 nitrogen and oxygen atoms in total. The van der Waals surface area contributed by atoms with Crippen molar-refractivity contribution in [2.75, 3.05) is 6.54 Å². The molecule has 0 saturated carbocycles. The molecule has 236 valence electrons. The van der Waals surface area contributed by atoms with E-state index in [1.165, 1.54) is 0 Å². The number of aliphatic imine (C=N–C) groups is 2. The monoisotopic (exact) mass is 603 g/mol. The molecule has 0 aliphatic rings. The van der Waals surface area contributed by atoms with E-state index in [-0.39, 0.29) is 49.7 Å². The lowest BCUT2D eigenvalue weighted by atomic mass is 9.98. The van der Waals surface area contributed by atoms with Gasteiger partial charge in [0.15, 0.2) is 11.7 Å². The number of para-hydroxylation sites is 1. The van der Waals surface area contributed by atoms with Crippen molar-refractivity contribution >= 4 is 40.9 Å². The molecule has 44 heavy (non-hydrogen) atoms. The molecule has 3 amide bonds. The molecule has 2 aromatic carbocycles. The van der Waals surface area contributed by atoms with Gasteiger partial charge in [-0.3, -0.25) is 24.2 Å². The zero-order valence-corrected chi connectivity index (χ0v) is 25.8. The van der Waals surface area contributed by atoms with Gasteiger partial charge in [0.1, 0.15) is 6.04 Å². The molecule has 0 saturated heterocycles. The average Bonchev–Trinajstić information content (AvgIpc) is 2.99. The molecular weight excluding hydrogens is 558 g/mol. The molecule has 0 spiro atoms. The van der Waals surface area contributed by atoms with E-state index in [1.807, 2.05) is 74.5 Å². The average molecular weight is 604 g/mol. The smallest absolute Gasteiger partial charge is 0.243 e. The number of allylic oxidation sites excluding steroid dienone is 1. The Morgan fingerprint density at radius 2 is 1.55 bits per heavy atom. The molecule has 11 heteroatoms. The quantitative estimate of drug-likeness (QED) is 0.0752. The number of guanidine groups is 1. The summed E-state index contributed by atoms with van der Waals surface area (Å²) in [7, 11) is 0. The van der Waals surface area contributed by atoms with Gasteiger partial charge in [0.2, 0.25) is 17.7 Å². The molecular formula is C33H45N7O4. The van der Waals surface area contributed by atoms with Crippen LogP contribution in [0.2, 0.25) is 0 Å². The van der Waals surface area contributed by atoms with Gasteiger partial charge in [0, 0.05) is 19.4 Å². The van der Waals surface area contributed by atoms with Gasteiger partial charge in [-0.05, 0) is 56.7 Å². The Kier molecular flexibility index (Phi) is 15.0. The molecule has 0 aliphatic heterocycles. The molecule has 2 aromatic rings. The molecule has 3 atom stereocenters. The summed E-state index contributed by atoms with van der Waals surface area (Å²) < 4.78 is 0. The summed E-state index contributed by atoms with van der Waals surface area (Å²) in [6, 6.07) is 14.7. The van der Waals surface area contributed by atoms with Crippen LogP contribution in [0.25, 0.3) is 0 Å². The van der Waals surface area contributed by atoms with E-state index < -0.39 is 35.7 Å². The number of Topliss-reactive ketones (excluding diaryl/α,β-unsaturated/α-hetero) is 1. The Morgan fingerprint density at radius 1 is 0.886 bits per heavy atom. The summed E-state index contributed by atoms with van der Waals surface area (Å²) >= 11 is 0. The van der Waals surface area contributed by atoms with Crippen molar-refractivity contribution in [3.63, 3.8) is 0 Å². The van der Waals surface area contributed by atoms with Crippen LogP contribution in [0.3, 0.4) is 0 Å². The second kappa shape index (κ2) is 18.7. The number of carbonyl (C=O) groups is 4. The van der Waals surface area contributed by atoms with Gasteiger partial charge in [-0.1, -0.05) is 67.6 Å². The highest BCUT2D eigenvalue weighted by Gasteiger charge is 2.29. The Bertz CT molecular complexity index is 1350. The van der Waals surface area contributed by atoms with Crippen LogP contribution in [0.1, 0.15) is 57.1 Å². The largest absolute Gasteiger partial charge is 0.370 e. The number of carbonyl (C=O) groups excluding carboxylic acids is 4. The minimum absolute atomic E-state index is 0.0214. The zero-order valence-electron chi connectivity index (χ0n) is 25.8. The summed E-state index contributed by atoms with van der Waals surface area (Å²) in [5.74, 6) is -2.55. The zero-order chi connectivity index (χ0) is 32.5. The number of primary amides is 1. The maximum Gasteiger partial charge on any atom is 0.243 e. The topological polar surface area (TPSA) is 195 Å². The molecule has 0 fully saturated rings. The number of hydrogen-bond donors (Lipinski definition) is 5. The van der Waals surface area contributed by atoms with E-state index in [0.29, 0.717) is 18.5 Å². The third-order valence-electron chi connectivity index (χ3n) is 6.90. The molecule has 0 unspecified atom stereocenters. The van der Waals surface area contributed by atoms with E-state index >= 15 is 0 Å². The summed E-state index contributed by atoms with van der Waals surface area (Å²) in [4.78, 5) is 60.8. The van der Waals surface area contributed by atoms with Crippen LogP contribution < -0.4 is 27.8 Å². The van der Waals surface area contributed by atoms with Gasteiger partial charge in [-0.2, -0.15) is 0 Å². The Morgan fingerprint density at radius 3 is 2.18 bits per heavy atom. The van der Waals surface area contributed by atoms with Gasteiger partial charge < -0.3 is 27.8 Å². The van der Waals surface area contributed by atoms with Gasteiger partial charge in [-0.15, -0.1) is 0 Å². The standard InChI is InChI=1S/C33H45N7O4/c1-4-5-15-25(18-19-29(34)41)31(43)40-28(21-24-13-7-6-8-14-24)32(44)39-27(17-11-20-37-33(35)36)30(42)23(3)38-26-16-10-9-12-22(26)2/h5-10,12-16,25,27-28H,4,11,17-21H2,1-3H3,(H2,34,41)(H,39,44)(H,40,43)(H4,35,36,37)/b15-5+,38-23?/t25-,27-,28-/m0/s1. The first kappa shape index (κ1) is 35.4. The fourth-order valence-corrected chi connectivity index (χ4v) is 4.47.